The first-order valence-corrected chi connectivity index (χ1v) is 8.19. The highest BCUT2D eigenvalue weighted by Crippen LogP contribution is 2.20. The topological polar surface area (TPSA) is 85.1 Å². The third-order valence-corrected chi connectivity index (χ3v) is 4.63. The number of sulfonamides is 1. The van der Waals surface area contributed by atoms with Gasteiger partial charge in [-0.2, -0.15) is 0 Å². The van der Waals surface area contributed by atoms with Crippen LogP contribution in [0.15, 0.2) is 45.9 Å². The smallest absolute Gasteiger partial charge is 0.244 e. The van der Waals surface area contributed by atoms with Crippen LogP contribution in [-0.2, 0) is 16.6 Å². The first-order chi connectivity index (χ1) is 9.38. The van der Waals surface area contributed by atoms with Crippen LogP contribution in [0.2, 0.25) is 5.02 Å². The lowest BCUT2D eigenvalue weighted by Crippen LogP contribution is -2.24. The number of aromatic nitrogens is 1. The number of hydrogen-bond acceptors (Lipinski definition) is 4. The number of nitrogens with two attached hydrogens (primary N) is 1. The Morgan fingerprint density at radius 1 is 1.30 bits per heavy atom. The number of anilines is 1. The number of pyridine rings is 1. The average molecular weight is 377 g/mol. The van der Waals surface area contributed by atoms with E-state index in [4.69, 9.17) is 17.3 Å². The van der Waals surface area contributed by atoms with E-state index in [0.29, 0.717) is 9.50 Å². The average Bonchev–Trinajstić information content (AvgIpc) is 2.41. The van der Waals surface area contributed by atoms with Gasteiger partial charge in [0.05, 0.1) is 0 Å². The molecule has 0 saturated carbocycles. The second-order valence-corrected chi connectivity index (χ2v) is 7.08. The van der Waals surface area contributed by atoms with Gasteiger partial charge in [0.2, 0.25) is 10.0 Å². The van der Waals surface area contributed by atoms with Crippen molar-refractivity contribution in [3.05, 3.63) is 51.6 Å². The maximum absolute atomic E-state index is 12.2. The van der Waals surface area contributed by atoms with Crippen molar-refractivity contribution in [3.63, 3.8) is 0 Å². The fraction of sp³-hybridized carbons (Fsp3) is 0.0833. The molecule has 5 nitrogen and oxygen atoms in total. The van der Waals surface area contributed by atoms with E-state index < -0.39 is 10.0 Å². The number of halogens is 2. The van der Waals surface area contributed by atoms with E-state index in [1.165, 1.54) is 12.3 Å². The van der Waals surface area contributed by atoms with E-state index in [-0.39, 0.29) is 17.3 Å². The van der Waals surface area contributed by atoms with Crippen LogP contribution in [-0.4, -0.2) is 13.4 Å². The predicted molar refractivity (Wildman–Crippen MR) is 81.8 cm³/mol. The molecular weight excluding hydrogens is 366 g/mol. The number of nitrogen functional groups attached to an aromatic ring is 1. The van der Waals surface area contributed by atoms with E-state index in [1.54, 1.807) is 24.3 Å². The highest BCUT2D eigenvalue weighted by molar-refractivity contribution is 9.10. The Morgan fingerprint density at radius 3 is 2.60 bits per heavy atom. The van der Waals surface area contributed by atoms with Crippen LogP contribution in [0.25, 0.3) is 0 Å². The zero-order valence-electron chi connectivity index (χ0n) is 10.2. The quantitative estimate of drug-likeness (QED) is 0.859. The third-order valence-electron chi connectivity index (χ3n) is 2.52. The van der Waals surface area contributed by atoms with Crippen LogP contribution >= 0.6 is 27.5 Å². The highest BCUT2D eigenvalue weighted by Gasteiger charge is 2.18. The maximum Gasteiger partial charge on any atom is 0.244 e. The third kappa shape index (κ3) is 3.69. The minimum absolute atomic E-state index is 0.0446. The van der Waals surface area contributed by atoms with Crippen LogP contribution in [0.4, 0.5) is 5.82 Å². The summed E-state index contributed by atoms with van der Waals surface area (Å²) < 4.78 is 27.3. The molecule has 3 N–H and O–H groups in total. The Labute approximate surface area is 130 Å². The van der Waals surface area contributed by atoms with Gasteiger partial charge in [0.15, 0.2) is 0 Å². The molecular formula is C12H11BrClN3O2S. The van der Waals surface area contributed by atoms with Gasteiger partial charge in [-0.05, 0) is 39.7 Å². The maximum atomic E-state index is 12.2. The van der Waals surface area contributed by atoms with Gasteiger partial charge in [0, 0.05) is 22.2 Å². The first-order valence-electron chi connectivity index (χ1n) is 5.53. The molecule has 1 heterocycles. The van der Waals surface area contributed by atoms with Crippen molar-refractivity contribution in [1.82, 2.24) is 9.71 Å². The summed E-state index contributed by atoms with van der Waals surface area (Å²) >= 11 is 8.93. The number of nitrogens with zero attached hydrogens (tertiary/aromatic N) is 1. The van der Waals surface area contributed by atoms with Gasteiger partial charge >= 0.3 is 0 Å². The van der Waals surface area contributed by atoms with Gasteiger partial charge in [0.1, 0.15) is 10.7 Å². The molecule has 0 unspecified atom stereocenters. The van der Waals surface area contributed by atoms with E-state index in [2.05, 4.69) is 25.6 Å². The number of rotatable bonds is 4. The monoisotopic (exact) mass is 375 g/mol. The Hall–Kier alpha value is -1.15. The highest BCUT2D eigenvalue weighted by atomic mass is 79.9. The molecule has 0 spiro atoms. The van der Waals surface area contributed by atoms with Crippen molar-refractivity contribution >= 4 is 43.4 Å². The van der Waals surface area contributed by atoms with E-state index in [9.17, 15) is 8.42 Å². The van der Waals surface area contributed by atoms with Crippen molar-refractivity contribution in [2.24, 2.45) is 0 Å². The van der Waals surface area contributed by atoms with Gasteiger partial charge < -0.3 is 5.73 Å². The minimum atomic E-state index is -3.72. The van der Waals surface area contributed by atoms with Gasteiger partial charge in [-0.3, -0.25) is 0 Å². The van der Waals surface area contributed by atoms with Crippen molar-refractivity contribution in [3.8, 4) is 0 Å². The van der Waals surface area contributed by atoms with E-state index >= 15 is 0 Å². The SMILES string of the molecule is Nc1ncc(Br)cc1S(=O)(=O)NCc1ccc(Cl)cc1. The molecule has 2 rings (SSSR count). The van der Waals surface area contributed by atoms with Gasteiger partial charge in [-0.1, -0.05) is 23.7 Å². The lowest BCUT2D eigenvalue weighted by molar-refractivity contribution is 0.581. The molecule has 8 heteroatoms. The van der Waals surface area contributed by atoms with Gasteiger partial charge in [-0.25, -0.2) is 18.1 Å². The van der Waals surface area contributed by atoms with Crippen molar-refractivity contribution in [2.45, 2.75) is 11.4 Å². The molecule has 1 aromatic carbocycles. The summed E-state index contributed by atoms with van der Waals surface area (Å²) in [6.45, 7) is 0.144. The van der Waals surface area contributed by atoms with Gasteiger partial charge in [-0.15, -0.1) is 0 Å². The minimum Gasteiger partial charge on any atom is -0.383 e. The Morgan fingerprint density at radius 2 is 1.95 bits per heavy atom. The zero-order valence-corrected chi connectivity index (χ0v) is 13.3. The van der Waals surface area contributed by atoms with Crippen LogP contribution in [0.5, 0.6) is 0 Å². The van der Waals surface area contributed by atoms with E-state index in [0.717, 1.165) is 5.56 Å². The summed E-state index contributed by atoms with van der Waals surface area (Å²) in [5.41, 5.74) is 6.39. The molecule has 0 atom stereocenters. The fourth-order valence-electron chi connectivity index (χ4n) is 1.50. The molecule has 1 aromatic heterocycles. The number of benzene rings is 1. The molecule has 0 amide bonds. The lowest BCUT2D eigenvalue weighted by Gasteiger charge is -2.09. The van der Waals surface area contributed by atoms with Crippen LogP contribution < -0.4 is 10.5 Å². The van der Waals surface area contributed by atoms with Crippen LogP contribution in [0, 0.1) is 0 Å². The Bertz CT molecular complexity index is 720. The van der Waals surface area contributed by atoms with Crippen LogP contribution in [0.1, 0.15) is 5.56 Å². The molecule has 0 aliphatic carbocycles. The number of nitrogens with one attached hydrogen (secondary N) is 1. The predicted octanol–water partition coefficient (Wildman–Crippen LogP) is 2.56. The molecule has 20 heavy (non-hydrogen) atoms. The molecule has 106 valence electrons. The number of hydrogen-bond donors (Lipinski definition) is 2. The standard InChI is InChI=1S/C12H11BrClN3O2S/c13-9-5-11(12(15)16-7-9)20(18,19)17-6-8-1-3-10(14)4-2-8/h1-5,7,17H,6H2,(H2,15,16). The van der Waals surface area contributed by atoms with Crippen molar-refractivity contribution in [2.75, 3.05) is 5.73 Å². The second-order valence-electron chi connectivity index (χ2n) is 3.99. The Balaban J connectivity index is 2.19. The molecule has 0 fully saturated rings. The van der Waals surface area contributed by atoms with E-state index in [1.807, 2.05) is 0 Å². The van der Waals surface area contributed by atoms with Gasteiger partial charge in [0.25, 0.3) is 0 Å². The second kappa shape index (κ2) is 6.09. The summed E-state index contributed by atoms with van der Waals surface area (Å²) in [6.07, 6.45) is 1.44. The molecule has 0 aliphatic rings. The first kappa shape index (κ1) is 15.2. The largest absolute Gasteiger partial charge is 0.383 e. The Kier molecular flexibility index (Phi) is 4.64. The summed E-state index contributed by atoms with van der Waals surface area (Å²) in [4.78, 5) is 3.75. The zero-order chi connectivity index (χ0) is 14.8. The summed E-state index contributed by atoms with van der Waals surface area (Å²) in [5.74, 6) is -0.0446. The molecule has 0 bridgehead atoms. The summed E-state index contributed by atoms with van der Waals surface area (Å²) in [7, 11) is -3.72. The van der Waals surface area contributed by atoms with Crippen LogP contribution in [0.3, 0.4) is 0 Å². The normalized spacial score (nSPS) is 11.5. The van der Waals surface area contributed by atoms with Crippen molar-refractivity contribution in [1.29, 1.82) is 0 Å². The summed E-state index contributed by atoms with van der Waals surface area (Å²) in [6, 6.07) is 8.29. The molecule has 0 aliphatic heterocycles. The fourth-order valence-corrected chi connectivity index (χ4v) is 3.24. The van der Waals surface area contributed by atoms with Crippen molar-refractivity contribution < 1.29 is 8.42 Å². The molecule has 2 aromatic rings. The summed E-state index contributed by atoms with van der Waals surface area (Å²) in [5, 5.41) is 0.594. The lowest BCUT2D eigenvalue weighted by atomic mass is 10.2. The molecule has 0 saturated heterocycles. The molecule has 0 radical (unpaired) electrons.